The molecule has 2 nitrogen and oxygen atoms in total. The fourth-order valence-corrected chi connectivity index (χ4v) is 1.67. The van der Waals surface area contributed by atoms with Gasteiger partial charge < -0.3 is 5.32 Å². The van der Waals surface area contributed by atoms with Crippen LogP contribution in [0.3, 0.4) is 0 Å². The van der Waals surface area contributed by atoms with E-state index < -0.39 is 0 Å². The number of thiophene rings is 1. The summed E-state index contributed by atoms with van der Waals surface area (Å²) in [5.74, 6) is 0.0910. The van der Waals surface area contributed by atoms with Gasteiger partial charge in [0.05, 0.1) is 0 Å². The summed E-state index contributed by atoms with van der Waals surface area (Å²) < 4.78 is 0. The number of carbonyl (C=O) groups excluding carboxylic acids is 1. The first-order valence-electron chi connectivity index (χ1n) is 4.23. The van der Waals surface area contributed by atoms with Crippen LogP contribution >= 0.6 is 11.3 Å². The molecular weight excluding hydrogens is 182 g/mol. The highest BCUT2D eigenvalue weighted by Gasteiger charge is 2.00. The van der Waals surface area contributed by atoms with Gasteiger partial charge in [-0.25, -0.2) is 0 Å². The Bertz CT molecular complexity index is 266. The van der Waals surface area contributed by atoms with Crippen molar-refractivity contribution in [2.45, 2.75) is 12.8 Å². The van der Waals surface area contributed by atoms with Crippen molar-refractivity contribution in [2.75, 3.05) is 6.54 Å². The zero-order valence-electron chi connectivity index (χ0n) is 7.45. The second-order valence-electron chi connectivity index (χ2n) is 2.67. The van der Waals surface area contributed by atoms with E-state index in [4.69, 9.17) is 0 Å². The molecular formula is C10H13NOS. The monoisotopic (exact) mass is 195 g/mol. The lowest BCUT2D eigenvalue weighted by molar-refractivity contribution is -0.120. The number of rotatable bonds is 5. The first-order chi connectivity index (χ1) is 6.33. The SMILES string of the molecule is C=CCNC(=O)CCc1cccs1. The number of aryl methyl sites for hydroxylation is 1. The maximum atomic E-state index is 11.1. The molecule has 0 saturated carbocycles. The fourth-order valence-electron chi connectivity index (χ4n) is 0.966. The summed E-state index contributed by atoms with van der Waals surface area (Å²) in [6.07, 6.45) is 3.08. The fraction of sp³-hybridized carbons (Fsp3) is 0.300. The molecule has 0 fully saturated rings. The van der Waals surface area contributed by atoms with Crippen molar-refractivity contribution >= 4 is 17.2 Å². The first-order valence-corrected chi connectivity index (χ1v) is 5.11. The van der Waals surface area contributed by atoms with Gasteiger partial charge in [-0.2, -0.15) is 0 Å². The second-order valence-corrected chi connectivity index (χ2v) is 3.70. The molecule has 0 saturated heterocycles. The number of carbonyl (C=O) groups is 1. The van der Waals surface area contributed by atoms with E-state index in [1.54, 1.807) is 17.4 Å². The predicted octanol–water partition coefficient (Wildman–Crippen LogP) is 1.98. The van der Waals surface area contributed by atoms with Crippen molar-refractivity contribution in [1.82, 2.24) is 5.32 Å². The van der Waals surface area contributed by atoms with Crippen LogP contribution in [-0.4, -0.2) is 12.5 Å². The van der Waals surface area contributed by atoms with Crippen LogP contribution in [0.15, 0.2) is 30.2 Å². The minimum Gasteiger partial charge on any atom is -0.353 e. The summed E-state index contributed by atoms with van der Waals surface area (Å²) >= 11 is 1.69. The molecule has 0 aromatic carbocycles. The van der Waals surface area contributed by atoms with Crippen LogP contribution in [0.25, 0.3) is 0 Å². The Kier molecular flexibility index (Phi) is 4.26. The zero-order valence-corrected chi connectivity index (χ0v) is 8.27. The Balaban J connectivity index is 2.19. The van der Waals surface area contributed by atoms with Crippen molar-refractivity contribution in [2.24, 2.45) is 0 Å². The minimum atomic E-state index is 0.0910. The number of nitrogens with one attached hydrogen (secondary N) is 1. The van der Waals surface area contributed by atoms with Crippen LogP contribution in [0.4, 0.5) is 0 Å². The third kappa shape index (κ3) is 3.90. The van der Waals surface area contributed by atoms with Crippen LogP contribution < -0.4 is 5.32 Å². The standard InChI is InChI=1S/C10H13NOS/c1-2-7-11-10(12)6-5-9-4-3-8-13-9/h2-4,8H,1,5-7H2,(H,11,12). The molecule has 13 heavy (non-hydrogen) atoms. The largest absolute Gasteiger partial charge is 0.353 e. The molecule has 0 aliphatic rings. The molecule has 0 spiro atoms. The smallest absolute Gasteiger partial charge is 0.220 e. The van der Waals surface area contributed by atoms with E-state index in [2.05, 4.69) is 11.9 Å². The van der Waals surface area contributed by atoms with Crippen molar-refractivity contribution in [3.63, 3.8) is 0 Å². The van der Waals surface area contributed by atoms with Gasteiger partial charge in [-0.05, 0) is 17.9 Å². The third-order valence-corrected chi connectivity index (χ3v) is 2.56. The Morgan fingerprint density at radius 3 is 3.15 bits per heavy atom. The summed E-state index contributed by atoms with van der Waals surface area (Å²) in [6.45, 7) is 4.09. The molecule has 70 valence electrons. The Labute approximate surface area is 82.3 Å². The van der Waals surface area contributed by atoms with Gasteiger partial charge in [0.2, 0.25) is 5.91 Å². The van der Waals surface area contributed by atoms with E-state index in [0.717, 1.165) is 6.42 Å². The topological polar surface area (TPSA) is 29.1 Å². The normalized spacial score (nSPS) is 9.54. The molecule has 0 aliphatic carbocycles. The average Bonchev–Trinajstić information content (AvgIpc) is 2.64. The van der Waals surface area contributed by atoms with Crippen LogP contribution in [0.2, 0.25) is 0 Å². The van der Waals surface area contributed by atoms with E-state index in [1.165, 1.54) is 4.88 Å². The van der Waals surface area contributed by atoms with Crippen molar-refractivity contribution in [3.8, 4) is 0 Å². The Morgan fingerprint density at radius 2 is 2.54 bits per heavy atom. The predicted molar refractivity (Wildman–Crippen MR) is 55.8 cm³/mol. The molecule has 1 aromatic heterocycles. The van der Waals surface area contributed by atoms with E-state index >= 15 is 0 Å². The molecule has 0 atom stereocenters. The van der Waals surface area contributed by atoms with Crippen LogP contribution in [0.1, 0.15) is 11.3 Å². The van der Waals surface area contributed by atoms with E-state index in [-0.39, 0.29) is 5.91 Å². The summed E-state index contributed by atoms with van der Waals surface area (Å²) in [5, 5.41) is 4.77. The van der Waals surface area contributed by atoms with Gasteiger partial charge in [-0.15, -0.1) is 17.9 Å². The maximum Gasteiger partial charge on any atom is 0.220 e. The quantitative estimate of drug-likeness (QED) is 0.715. The van der Waals surface area contributed by atoms with Crippen LogP contribution in [0.5, 0.6) is 0 Å². The highest BCUT2D eigenvalue weighted by Crippen LogP contribution is 2.10. The molecule has 0 aliphatic heterocycles. The van der Waals surface area contributed by atoms with Gasteiger partial charge in [-0.3, -0.25) is 4.79 Å². The minimum absolute atomic E-state index is 0.0910. The van der Waals surface area contributed by atoms with Crippen molar-refractivity contribution in [3.05, 3.63) is 35.0 Å². The van der Waals surface area contributed by atoms with Crippen molar-refractivity contribution in [1.29, 1.82) is 0 Å². The van der Waals surface area contributed by atoms with Gasteiger partial charge in [0.1, 0.15) is 0 Å². The molecule has 0 radical (unpaired) electrons. The Morgan fingerprint density at radius 1 is 1.69 bits per heavy atom. The number of hydrogen-bond acceptors (Lipinski definition) is 2. The molecule has 0 bridgehead atoms. The number of hydrogen-bond donors (Lipinski definition) is 1. The molecule has 1 amide bonds. The lowest BCUT2D eigenvalue weighted by atomic mass is 10.2. The van der Waals surface area contributed by atoms with E-state index in [0.29, 0.717) is 13.0 Å². The molecule has 1 rings (SSSR count). The molecule has 1 heterocycles. The van der Waals surface area contributed by atoms with Crippen molar-refractivity contribution < 1.29 is 4.79 Å². The summed E-state index contributed by atoms with van der Waals surface area (Å²) in [5.41, 5.74) is 0. The van der Waals surface area contributed by atoms with Gasteiger partial charge in [0, 0.05) is 17.8 Å². The maximum absolute atomic E-state index is 11.1. The first kappa shape index (κ1) is 9.99. The lowest BCUT2D eigenvalue weighted by Gasteiger charge is -1.99. The molecule has 0 unspecified atom stereocenters. The summed E-state index contributed by atoms with van der Waals surface area (Å²) in [4.78, 5) is 12.4. The Hall–Kier alpha value is -1.09. The van der Waals surface area contributed by atoms with Gasteiger partial charge in [0.25, 0.3) is 0 Å². The summed E-state index contributed by atoms with van der Waals surface area (Å²) in [6, 6.07) is 4.05. The average molecular weight is 195 g/mol. The molecule has 1 aromatic rings. The highest BCUT2D eigenvalue weighted by molar-refractivity contribution is 7.09. The molecule has 3 heteroatoms. The zero-order chi connectivity index (χ0) is 9.52. The van der Waals surface area contributed by atoms with Crippen LogP contribution in [-0.2, 0) is 11.2 Å². The van der Waals surface area contributed by atoms with E-state index in [1.807, 2.05) is 17.5 Å². The molecule has 1 N–H and O–H groups in total. The third-order valence-electron chi connectivity index (χ3n) is 1.62. The van der Waals surface area contributed by atoms with E-state index in [9.17, 15) is 4.79 Å². The van der Waals surface area contributed by atoms with Gasteiger partial charge >= 0.3 is 0 Å². The highest BCUT2D eigenvalue weighted by atomic mass is 32.1. The van der Waals surface area contributed by atoms with Gasteiger partial charge in [0.15, 0.2) is 0 Å². The summed E-state index contributed by atoms with van der Waals surface area (Å²) in [7, 11) is 0. The number of amides is 1. The second kappa shape index (κ2) is 5.54. The lowest BCUT2D eigenvalue weighted by Crippen LogP contribution is -2.23. The van der Waals surface area contributed by atoms with Gasteiger partial charge in [-0.1, -0.05) is 12.1 Å². The van der Waals surface area contributed by atoms with Crippen LogP contribution in [0, 0.1) is 0 Å².